The summed E-state index contributed by atoms with van der Waals surface area (Å²) in [5, 5.41) is 6.49. The summed E-state index contributed by atoms with van der Waals surface area (Å²) in [4.78, 5) is 36.4. The van der Waals surface area contributed by atoms with E-state index in [-0.39, 0.29) is 5.91 Å². The molecule has 0 fully saturated rings. The molecule has 4 rings (SSSR count). The second-order valence-electron chi connectivity index (χ2n) is 9.24. The molecule has 1 aliphatic rings. The van der Waals surface area contributed by atoms with Gasteiger partial charge in [-0.25, -0.2) is 0 Å². The highest BCUT2D eigenvalue weighted by Gasteiger charge is 2.10. The minimum absolute atomic E-state index is 0.230. The normalized spacial score (nSPS) is 11.6. The Morgan fingerprint density at radius 3 is 2.15 bits per heavy atom. The molecule has 0 radical (unpaired) electrons. The summed E-state index contributed by atoms with van der Waals surface area (Å²) < 4.78 is 0. The fourth-order valence-corrected chi connectivity index (χ4v) is 4.25. The third kappa shape index (κ3) is 11.4. The zero-order chi connectivity index (χ0) is 29.2. The number of rotatable bonds is 8. The third-order valence-corrected chi connectivity index (χ3v) is 6.48. The first-order chi connectivity index (χ1) is 18.8. The number of aliphatic imine (C=N–C) groups is 1. The lowest BCUT2D eigenvalue weighted by molar-refractivity contribution is -0.130. The SMILES string of the molecule is C=O.C=O.CN(C)CCCC(=O)N(C)CCc1ccc(C2=NCCN2)cc1.Cc1cccc2c(Cl)cccc12. The van der Waals surface area contributed by atoms with E-state index in [1.54, 1.807) is 0 Å². The number of carbonyl (C=O) groups excluding carboxylic acids is 3. The Morgan fingerprint density at radius 1 is 0.923 bits per heavy atom. The van der Waals surface area contributed by atoms with Crippen molar-refractivity contribution >= 4 is 47.7 Å². The van der Waals surface area contributed by atoms with E-state index in [2.05, 4.69) is 58.5 Å². The first kappa shape index (κ1) is 33.5. The van der Waals surface area contributed by atoms with E-state index in [0.29, 0.717) is 6.42 Å². The molecule has 0 saturated heterocycles. The van der Waals surface area contributed by atoms with Gasteiger partial charge in [-0.3, -0.25) is 9.79 Å². The number of halogens is 1. The lowest BCUT2D eigenvalue weighted by Crippen LogP contribution is -2.29. The molecule has 0 aromatic heterocycles. The topological polar surface area (TPSA) is 82.1 Å². The summed E-state index contributed by atoms with van der Waals surface area (Å²) in [6, 6.07) is 20.6. The highest BCUT2D eigenvalue weighted by Crippen LogP contribution is 2.25. The van der Waals surface area contributed by atoms with E-state index in [1.807, 2.05) is 63.9 Å². The van der Waals surface area contributed by atoms with E-state index in [0.717, 1.165) is 60.8 Å². The van der Waals surface area contributed by atoms with E-state index >= 15 is 0 Å². The number of amides is 1. The van der Waals surface area contributed by atoms with Gasteiger partial charge in [-0.1, -0.05) is 66.2 Å². The number of hydrogen-bond acceptors (Lipinski definition) is 6. The van der Waals surface area contributed by atoms with Crippen LogP contribution in [0.4, 0.5) is 0 Å². The van der Waals surface area contributed by atoms with Gasteiger partial charge in [0.15, 0.2) is 0 Å². The summed E-state index contributed by atoms with van der Waals surface area (Å²) in [7, 11) is 5.96. The quantitative estimate of drug-likeness (QED) is 0.433. The van der Waals surface area contributed by atoms with Gasteiger partial charge in [0, 0.05) is 42.5 Å². The van der Waals surface area contributed by atoms with Crippen molar-refractivity contribution in [1.29, 1.82) is 0 Å². The Labute approximate surface area is 237 Å². The molecular weight excluding hydrogens is 512 g/mol. The molecular formula is C31H41ClN4O3. The van der Waals surface area contributed by atoms with Crippen molar-refractivity contribution in [3.63, 3.8) is 0 Å². The van der Waals surface area contributed by atoms with Crippen molar-refractivity contribution < 1.29 is 14.4 Å². The van der Waals surface area contributed by atoms with E-state index in [1.165, 1.54) is 16.5 Å². The van der Waals surface area contributed by atoms with Gasteiger partial charge in [0.25, 0.3) is 0 Å². The standard InChI is InChI=1S/C18H28N4O.C11H9Cl.2CH2O/c1-21(2)13-4-5-17(23)22(3)14-10-15-6-8-16(9-7-15)18-19-11-12-20-18;1-8-4-2-6-10-9(8)5-3-7-11(10)12;2*1-2/h6-9H,4-5,10-14H2,1-3H3,(H,19,20);2-7H,1H3;2*1H2. The van der Waals surface area contributed by atoms with Crippen LogP contribution in [0.3, 0.4) is 0 Å². The highest BCUT2D eigenvalue weighted by molar-refractivity contribution is 6.35. The molecule has 7 nitrogen and oxygen atoms in total. The van der Waals surface area contributed by atoms with Crippen LogP contribution in [0, 0.1) is 6.92 Å². The molecule has 0 aliphatic carbocycles. The molecule has 3 aromatic rings. The number of carbonyl (C=O) groups is 3. The number of nitrogens with zero attached hydrogens (tertiary/aromatic N) is 3. The van der Waals surface area contributed by atoms with Crippen LogP contribution in [0.25, 0.3) is 10.8 Å². The Hall–Kier alpha value is -3.55. The first-order valence-corrected chi connectivity index (χ1v) is 13.2. The van der Waals surface area contributed by atoms with E-state index in [4.69, 9.17) is 21.2 Å². The number of amidine groups is 1. The first-order valence-electron chi connectivity index (χ1n) is 12.8. The molecule has 8 heteroatoms. The Morgan fingerprint density at radius 2 is 1.56 bits per heavy atom. The van der Waals surface area contributed by atoms with E-state index < -0.39 is 0 Å². The maximum absolute atomic E-state index is 12.1. The van der Waals surface area contributed by atoms with Gasteiger partial charge in [-0.05, 0) is 63.0 Å². The van der Waals surface area contributed by atoms with Gasteiger partial charge in [0.2, 0.25) is 5.91 Å². The zero-order valence-corrected chi connectivity index (χ0v) is 24.3. The maximum atomic E-state index is 12.1. The second kappa shape index (κ2) is 18.7. The number of hydrogen-bond donors (Lipinski definition) is 1. The molecule has 0 unspecified atom stereocenters. The lowest BCUT2D eigenvalue weighted by atomic mass is 10.1. The van der Waals surface area contributed by atoms with Gasteiger partial charge in [-0.2, -0.15) is 0 Å². The smallest absolute Gasteiger partial charge is 0.222 e. The number of likely N-dealkylation sites (N-methyl/N-ethyl adjacent to an activating group) is 1. The molecule has 0 spiro atoms. The fourth-order valence-electron chi connectivity index (χ4n) is 4.01. The van der Waals surface area contributed by atoms with Gasteiger partial charge >= 0.3 is 0 Å². The van der Waals surface area contributed by atoms with Gasteiger partial charge in [0.05, 0.1) is 6.54 Å². The monoisotopic (exact) mass is 552 g/mol. The van der Waals surface area contributed by atoms with Crippen LogP contribution in [0.1, 0.15) is 29.5 Å². The predicted molar refractivity (Wildman–Crippen MR) is 163 cm³/mol. The van der Waals surface area contributed by atoms with Crippen LogP contribution < -0.4 is 5.32 Å². The maximum Gasteiger partial charge on any atom is 0.222 e. The van der Waals surface area contributed by atoms with Gasteiger partial charge < -0.3 is 24.7 Å². The number of fused-ring (bicyclic) bond motifs is 1. The van der Waals surface area contributed by atoms with Crippen LogP contribution in [-0.4, -0.2) is 82.4 Å². The van der Waals surface area contributed by atoms with Crippen LogP contribution in [0.2, 0.25) is 5.02 Å². The van der Waals surface area contributed by atoms with Crippen molar-refractivity contribution in [1.82, 2.24) is 15.1 Å². The molecule has 1 N–H and O–H groups in total. The third-order valence-electron chi connectivity index (χ3n) is 6.15. The van der Waals surface area contributed by atoms with Crippen molar-refractivity contribution in [3.05, 3.63) is 82.4 Å². The number of nitrogens with one attached hydrogen (secondary N) is 1. The predicted octanol–water partition coefficient (Wildman–Crippen LogP) is 4.81. The van der Waals surface area contributed by atoms with Crippen molar-refractivity contribution in [2.75, 3.05) is 47.3 Å². The fraction of sp³-hybridized carbons (Fsp3) is 0.355. The minimum Gasteiger partial charge on any atom is -0.368 e. The van der Waals surface area contributed by atoms with Crippen LogP contribution in [-0.2, 0) is 20.8 Å². The average Bonchev–Trinajstić information content (AvgIpc) is 3.50. The Balaban J connectivity index is 0.000000397. The average molecular weight is 553 g/mol. The largest absolute Gasteiger partial charge is 0.368 e. The van der Waals surface area contributed by atoms with Gasteiger partial charge in [0.1, 0.15) is 19.4 Å². The molecule has 0 saturated carbocycles. The van der Waals surface area contributed by atoms with Crippen LogP contribution in [0.15, 0.2) is 65.7 Å². The Bertz CT molecular complexity index is 1140. The lowest BCUT2D eigenvalue weighted by Gasteiger charge is -2.18. The summed E-state index contributed by atoms with van der Waals surface area (Å²) in [6.07, 6.45) is 2.43. The highest BCUT2D eigenvalue weighted by atomic mass is 35.5. The van der Waals surface area contributed by atoms with Crippen molar-refractivity contribution in [2.24, 2.45) is 4.99 Å². The van der Waals surface area contributed by atoms with E-state index in [9.17, 15) is 4.79 Å². The molecule has 3 aromatic carbocycles. The summed E-state index contributed by atoms with van der Waals surface area (Å²) in [5.74, 6) is 1.22. The second-order valence-corrected chi connectivity index (χ2v) is 9.64. The summed E-state index contributed by atoms with van der Waals surface area (Å²) >= 11 is 6.03. The van der Waals surface area contributed by atoms with Crippen molar-refractivity contribution in [3.8, 4) is 0 Å². The Kier molecular flexibility index (Phi) is 16.0. The zero-order valence-electron chi connectivity index (χ0n) is 23.6. The molecule has 210 valence electrons. The minimum atomic E-state index is 0.230. The summed E-state index contributed by atoms with van der Waals surface area (Å²) in [6.45, 7) is 9.60. The number of aryl methyl sites for hydroxylation is 1. The molecule has 39 heavy (non-hydrogen) atoms. The molecule has 0 atom stereocenters. The summed E-state index contributed by atoms with van der Waals surface area (Å²) in [5.41, 5.74) is 3.66. The van der Waals surface area contributed by atoms with Crippen LogP contribution >= 0.6 is 11.6 Å². The molecule has 0 bridgehead atoms. The van der Waals surface area contributed by atoms with Crippen molar-refractivity contribution in [2.45, 2.75) is 26.2 Å². The molecule has 1 heterocycles. The number of benzene rings is 3. The van der Waals surface area contributed by atoms with Gasteiger partial charge in [-0.15, -0.1) is 0 Å². The molecule has 1 amide bonds. The molecule has 1 aliphatic heterocycles. The van der Waals surface area contributed by atoms with Crippen LogP contribution in [0.5, 0.6) is 0 Å².